The Labute approximate surface area is 112 Å². The number of aryl methyl sites for hydroxylation is 1. The van der Waals surface area contributed by atoms with E-state index in [0.717, 1.165) is 23.0 Å². The zero-order valence-corrected chi connectivity index (χ0v) is 11.0. The van der Waals surface area contributed by atoms with Crippen molar-refractivity contribution in [1.82, 2.24) is 9.78 Å². The van der Waals surface area contributed by atoms with Crippen LogP contribution in [0.5, 0.6) is 5.75 Å². The fourth-order valence-corrected chi connectivity index (χ4v) is 1.75. The molecule has 1 heterocycles. The summed E-state index contributed by atoms with van der Waals surface area (Å²) < 4.78 is 7.39. The molecule has 0 saturated carbocycles. The number of hydrogen-bond donors (Lipinski definition) is 1. The van der Waals surface area contributed by atoms with Crippen molar-refractivity contribution < 1.29 is 4.74 Å². The van der Waals surface area contributed by atoms with Crippen LogP contribution in [0.15, 0.2) is 36.7 Å². The molecule has 1 aromatic heterocycles. The van der Waals surface area contributed by atoms with Gasteiger partial charge >= 0.3 is 0 Å². The summed E-state index contributed by atoms with van der Waals surface area (Å²) in [4.78, 5) is 0. The van der Waals surface area contributed by atoms with Crippen molar-refractivity contribution in [3.8, 4) is 5.75 Å². The van der Waals surface area contributed by atoms with Crippen molar-refractivity contribution in [2.45, 2.75) is 13.5 Å². The third kappa shape index (κ3) is 3.40. The number of halogens is 1. The van der Waals surface area contributed by atoms with E-state index >= 15 is 0 Å². The predicted octanol–water partition coefficient (Wildman–Crippen LogP) is 3.05. The molecule has 0 atom stereocenters. The van der Waals surface area contributed by atoms with Gasteiger partial charge in [0.25, 0.3) is 0 Å². The van der Waals surface area contributed by atoms with Gasteiger partial charge < -0.3 is 10.1 Å². The molecule has 2 aromatic rings. The van der Waals surface area contributed by atoms with E-state index in [4.69, 9.17) is 16.3 Å². The zero-order chi connectivity index (χ0) is 12.8. The molecule has 0 fully saturated rings. The fourth-order valence-electron chi connectivity index (χ4n) is 1.55. The van der Waals surface area contributed by atoms with Crippen LogP contribution in [0, 0.1) is 0 Å². The van der Waals surface area contributed by atoms with Gasteiger partial charge in [0.15, 0.2) is 5.75 Å². The standard InChI is InChI=1S/C13H16ClN3O/c1-2-17-10-11(9-16-17)18-8-7-15-13-6-4-3-5-12(13)14/h3-6,9-10,15H,2,7-8H2,1H3. The molecule has 0 amide bonds. The van der Waals surface area contributed by atoms with Gasteiger partial charge in [-0.25, -0.2) is 0 Å². The molecule has 0 aliphatic heterocycles. The minimum absolute atomic E-state index is 0.570. The van der Waals surface area contributed by atoms with Gasteiger partial charge in [-0.15, -0.1) is 0 Å². The van der Waals surface area contributed by atoms with Gasteiger partial charge in [0.05, 0.1) is 23.1 Å². The van der Waals surface area contributed by atoms with Crippen LogP contribution in [0.1, 0.15) is 6.92 Å². The molecule has 0 aliphatic carbocycles. The van der Waals surface area contributed by atoms with Crippen LogP contribution >= 0.6 is 11.6 Å². The van der Waals surface area contributed by atoms with Crippen LogP contribution in [0.3, 0.4) is 0 Å². The highest BCUT2D eigenvalue weighted by molar-refractivity contribution is 6.33. The maximum absolute atomic E-state index is 6.03. The molecule has 5 heteroatoms. The van der Waals surface area contributed by atoms with Gasteiger partial charge in [-0.1, -0.05) is 23.7 Å². The van der Waals surface area contributed by atoms with Gasteiger partial charge in [0.2, 0.25) is 0 Å². The molecule has 1 N–H and O–H groups in total. The van der Waals surface area contributed by atoms with Crippen LogP contribution in [0.4, 0.5) is 5.69 Å². The quantitative estimate of drug-likeness (QED) is 0.816. The maximum atomic E-state index is 6.03. The molecule has 18 heavy (non-hydrogen) atoms. The van der Waals surface area contributed by atoms with Crippen LogP contribution in [-0.2, 0) is 6.54 Å². The maximum Gasteiger partial charge on any atom is 0.157 e. The summed E-state index contributed by atoms with van der Waals surface area (Å²) in [7, 11) is 0. The van der Waals surface area contributed by atoms with Gasteiger partial charge in [-0.05, 0) is 19.1 Å². The molecule has 0 spiro atoms. The molecule has 0 radical (unpaired) electrons. The molecular formula is C13H16ClN3O. The second-order valence-electron chi connectivity index (χ2n) is 3.79. The summed E-state index contributed by atoms with van der Waals surface area (Å²) in [6.45, 7) is 4.15. The van der Waals surface area contributed by atoms with E-state index in [1.807, 2.05) is 42.1 Å². The summed E-state index contributed by atoms with van der Waals surface area (Å²) in [5.41, 5.74) is 0.923. The largest absolute Gasteiger partial charge is 0.488 e. The topological polar surface area (TPSA) is 39.1 Å². The Morgan fingerprint density at radius 1 is 1.39 bits per heavy atom. The molecule has 0 saturated heterocycles. The molecule has 0 unspecified atom stereocenters. The average Bonchev–Trinajstić information content (AvgIpc) is 2.84. The molecule has 1 aromatic carbocycles. The Balaban J connectivity index is 1.74. The molecule has 96 valence electrons. The van der Waals surface area contributed by atoms with Gasteiger partial charge in [0.1, 0.15) is 6.61 Å². The highest BCUT2D eigenvalue weighted by Crippen LogP contribution is 2.19. The van der Waals surface area contributed by atoms with E-state index in [2.05, 4.69) is 10.4 Å². The number of para-hydroxylation sites is 1. The fraction of sp³-hybridized carbons (Fsp3) is 0.308. The molecule has 4 nitrogen and oxygen atoms in total. The van der Waals surface area contributed by atoms with Crippen LogP contribution in [0.2, 0.25) is 5.02 Å². The highest BCUT2D eigenvalue weighted by Gasteiger charge is 1.99. The SMILES string of the molecule is CCn1cc(OCCNc2ccccc2Cl)cn1. The summed E-state index contributed by atoms with van der Waals surface area (Å²) in [6, 6.07) is 7.65. The van der Waals surface area contributed by atoms with Crippen LogP contribution in [0.25, 0.3) is 0 Å². The number of hydrogen-bond acceptors (Lipinski definition) is 3. The van der Waals surface area contributed by atoms with Crippen LogP contribution < -0.4 is 10.1 Å². The third-order valence-corrected chi connectivity index (χ3v) is 2.82. The lowest BCUT2D eigenvalue weighted by molar-refractivity contribution is 0.332. The van der Waals surface area contributed by atoms with Crippen LogP contribution in [-0.4, -0.2) is 22.9 Å². The zero-order valence-electron chi connectivity index (χ0n) is 10.3. The van der Waals surface area contributed by atoms with Crippen molar-refractivity contribution >= 4 is 17.3 Å². The Hall–Kier alpha value is -1.68. The van der Waals surface area contributed by atoms with Gasteiger partial charge in [0, 0.05) is 13.1 Å². The van der Waals surface area contributed by atoms with E-state index in [-0.39, 0.29) is 0 Å². The normalized spacial score (nSPS) is 10.3. The molecule has 0 bridgehead atoms. The second kappa shape index (κ2) is 6.31. The summed E-state index contributed by atoms with van der Waals surface area (Å²) in [5, 5.41) is 8.07. The number of rotatable bonds is 6. The first-order chi connectivity index (χ1) is 8.79. The van der Waals surface area contributed by atoms with E-state index < -0.39 is 0 Å². The number of ether oxygens (including phenoxy) is 1. The van der Waals surface area contributed by atoms with E-state index in [1.54, 1.807) is 6.20 Å². The monoisotopic (exact) mass is 265 g/mol. The number of nitrogens with one attached hydrogen (secondary N) is 1. The lowest BCUT2D eigenvalue weighted by atomic mass is 10.3. The minimum Gasteiger partial charge on any atom is -0.488 e. The first kappa shape index (κ1) is 12.8. The minimum atomic E-state index is 0.570. The number of aromatic nitrogens is 2. The van der Waals surface area contributed by atoms with Crippen molar-refractivity contribution in [2.24, 2.45) is 0 Å². The van der Waals surface area contributed by atoms with E-state index in [9.17, 15) is 0 Å². The average molecular weight is 266 g/mol. The molecule has 0 aliphatic rings. The third-order valence-electron chi connectivity index (χ3n) is 2.49. The lowest BCUT2D eigenvalue weighted by Gasteiger charge is -2.08. The van der Waals surface area contributed by atoms with Gasteiger partial charge in [-0.3, -0.25) is 4.68 Å². The lowest BCUT2D eigenvalue weighted by Crippen LogP contribution is -2.11. The second-order valence-corrected chi connectivity index (χ2v) is 4.19. The Kier molecular flexibility index (Phi) is 4.47. The summed E-state index contributed by atoms with van der Waals surface area (Å²) in [5.74, 6) is 0.790. The van der Waals surface area contributed by atoms with Crippen molar-refractivity contribution in [3.05, 3.63) is 41.7 Å². The Morgan fingerprint density at radius 2 is 2.22 bits per heavy atom. The Bertz CT molecular complexity index is 498. The Morgan fingerprint density at radius 3 is 2.94 bits per heavy atom. The first-order valence-electron chi connectivity index (χ1n) is 5.93. The van der Waals surface area contributed by atoms with Crippen molar-refractivity contribution in [3.63, 3.8) is 0 Å². The summed E-state index contributed by atoms with van der Waals surface area (Å²) >= 11 is 6.03. The van der Waals surface area contributed by atoms with Gasteiger partial charge in [-0.2, -0.15) is 5.10 Å². The first-order valence-corrected chi connectivity index (χ1v) is 6.31. The number of nitrogens with zero attached hydrogens (tertiary/aromatic N) is 2. The van der Waals surface area contributed by atoms with Crippen molar-refractivity contribution in [2.75, 3.05) is 18.5 Å². The predicted molar refractivity (Wildman–Crippen MR) is 73.3 cm³/mol. The van der Waals surface area contributed by atoms with E-state index in [1.165, 1.54) is 0 Å². The smallest absolute Gasteiger partial charge is 0.157 e. The molecular weight excluding hydrogens is 250 g/mol. The van der Waals surface area contributed by atoms with E-state index in [0.29, 0.717) is 13.2 Å². The van der Waals surface area contributed by atoms with Crippen molar-refractivity contribution in [1.29, 1.82) is 0 Å². The molecule has 2 rings (SSSR count). The number of benzene rings is 1. The number of anilines is 1. The summed E-state index contributed by atoms with van der Waals surface area (Å²) in [6.07, 6.45) is 3.61. The highest BCUT2D eigenvalue weighted by atomic mass is 35.5.